The van der Waals surface area contributed by atoms with E-state index in [1.54, 1.807) is 0 Å². The van der Waals surface area contributed by atoms with Crippen LogP contribution in [0, 0.1) is 6.92 Å². The van der Waals surface area contributed by atoms with Crippen LogP contribution in [0.15, 0.2) is 0 Å². The Labute approximate surface area is 126 Å². The van der Waals surface area contributed by atoms with Crippen LogP contribution < -0.4 is 0 Å². The second kappa shape index (κ2) is 5.79. The van der Waals surface area contributed by atoms with Crippen molar-refractivity contribution in [3.63, 3.8) is 0 Å². The van der Waals surface area contributed by atoms with Gasteiger partial charge in [0.2, 0.25) is 0 Å². The van der Waals surface area contributed by atoms with E-state index in [0.29, 0.717) is 6.04 Å². The minimum Gasteiger partial charge on any atom is -0.337 e. The highest BCUT2D eigenvalue weighted by Crippen LogP contribution is 2.25. The monoisotopic (exact) mass is 290 g/mol. The van der Waals surface area contributed by atoms with Gasteiger partial charge in [-0.1, -0.05) is 13.8 Å². The Bertz CT molecular complexity index is 516. The number of aromatic amines is 1. The zero-order valence-corrected chi connectivity index (χ0v) is 13.4. The van der Waals surface area contributed by atoms with E-state index in [1.165, 1.54) is 25.9 Å². The molecule has 2 saturated heterocycles. The van der Waals surface area contributed by atoms with Gasteiger partial charge in [-0.2, -0.15) is 5.10 Å². The van der Waals surface area contributed by atoms with Gasteiger partial charge in [-0.25, -0.2) is 0 Å². The number of aromatic nitrogens is 2. The van der Waals surface area contributed by atoms with Gasteiger partial charge < -0.3 is 4.90 Å². The van der Waals surface area contributed by atoms with Crippen LogP contribution in [-0.2, 0) is 0 Å². The Morgan fingerprint density at radius 1 is 1.29 bits per heavy atom. The van der Waals surface area contributed by atoms with Crippen LogP contribution in [0.2, 0.25) is 0 Å². The van der Waals surface area contributed by atoms with Crippen molar-refractivity contribution >= 4 is 5.91 Å². The average molecular weight is 290 g/mol. The molecule has 0 radical (unpaired) electrons. The average Bonchev–Trinajstić information content (AvgIpc) is 3.17. The molecular weight excluding hydrogens is 264 g/mol. The summed E-state index contributed by atoms with van der Waals surface area (Å²) in [7, 11) is 0. The molecule has 2 aliphatic heterocycles. The van der Waals surface area contributed by atoms with Gasteiger partial charge in [0, 0.05) is 24.8 Å². The number of hydrogen-bond acceptors (Lipinski definition) is 3. The lowest BCUT2D eigenvalue weighted by molar-refractivity contribution is 0.0778. The highest BCUT2D eigenvalue weighted by molar-refractivity contribution is 5.96. The molecule has 0 aliphatic carbocycles. The summed E-state index contributed by atoms with van der Waals surface area (Å²) in [4.78, 5) is 17.4. The van der Waals surface area contributed by atoms with Crippen molar-refractivity contribution in [3.05, 3.63) is 17.0 Å². The lowest BCUT2D eigenvalue weighted by Crippen LogP contribution is -2.37. The van der Waals surface area contributed by atoms with Crippen molar-refractivity contribution in [3.8, 4) is 0 Å². The number of likely N-dealkylation sites (tertiary alicyclic amines) is 2. The third-order valence-corrected chi connectivity index (χ3v) is 4.84. The Morgan fingerprint density at radius 3 is 2.67 bits per heavy atom. The quantitative estimate of drug-likeness (QED) is 0.928. The van der Waals surface area contributed by atoms with Gasteiger partial charge >= 0.3 is 0 Å². The van der Waals surface area contributed by atoms with Crippen molar-refractivity contribution in [2.75, 3.05) is 26.2 Å². The molecule has 5 heteroatoms. The smallest absolute Gasteiger partial charge is 0.257 e. The van der Waals surface area contributed by atoms with E-state index in [1.807, 2.05) is 11.8 Å². The zero-order valence-electron chi connectivity index (χ0n) is 13.4. The van der Waals surface area contributed by atoms with Crippen molar-refractivity contribution in [1.82, 2.24) is 20.0 Å². The lowest BCUT2D eigenvalue weighted by Gasteiger charge is -2.23. The molecule has 2 aliphatic rings. The van der Waals surface area contributed by atoms with Gasteiger partial charge in [-0.15, -0.1) is 0 Å². The first kappa shape index (κ1) is 14.6. The summed E-state index contributed by atoms with van der Waals surface area (Å²) in [6, 6.07) is 0.561. The Kier molecular flexibility index (Phi) is 4.02. The van der Waals surface area contributed by atoms with Crippen LogP contribution in [0.5, 0.6) is 0 Å². The molecule has 21 heavy (non-hydrogen) atoms. The summed E-state index contributed by atoms with van der Waals surface area (Å²) in [5.41, 5.74) is 2.60. The largest absolute Gasteiger partial charge is 0.337 e. The summed E-state index contributed by atoms with van der Waals surface area (Å²) in [6.45, 7) is 10.3. The molecule has 3 rings (SSSR count). The van der Waals surface area contributed by atoms with E-state index in [4.69, 9.17) is 0 Å². The van der Waals surface area contributed by atoms with Crippen molar-refractivity contribution in [2.45, 2.75) is 52.0 Å². The summed E-state index contributed by atoms with van der Waals surface area (Å²) in [5.74, 6) is 0.428. The highest BCUT2D eigenvalue weighted by Gasteiger charge is 2.34. The van der Waals surface area contributed by atoms with Gasteiger partial charge in [0.1, 0.15) is 0 Å². The van der Waals surface area contributed by atoms with Crippen LogP contribution in [0.1, 0.15) is 60.8 Å². The molecule has 2 fully saturated rings. The second-order valence-electron chi connectivity index (χ2n) is 6.70. The standard InChI is InChI=1S/C16H26N4O/c1-11(2)15-14(12(3)17-18-15)16(21)20-9-6-13(10-20)19-7-4-5-8-19/h11,13H,4-10H2,1-3H3,(H,17,18). The maximum absolute atomic E-state index is 12.9. The first-order valence-electron chi connectivity index (χ1n) is 8.16. The molecule has 116 valence electrons. The number of amides is 1. The van der Waals surface area contributed by atoms with Crippen molar-refractivity contribution < 1.29 is 4.79 Å². The molecule has 0 aromatic carbocycles. The zero-order chi connectivity index (χ0) is 15.0. The van der Waals surface area contributed by atoms with E-state index in [0.717, 1.165) is 36.5 Å². The maximum atomic E-state index is 12.9. The van der Waals surface area contributed by atoms with E-state index in [-0.39, 0.29) is 11.8 Å². The molecule has 0 spiro atoms. The van der Waals surface area contributed by atoms with Crippen LogP contribution in [-0.4, -0.2) is 58.1 Å². The predicted octanol–water partition coefficient (Wildman–Crippen LogP) is 2.15. The molecule has 1 atom stereocenters. The minimum atomic E-state index is 0.159. The molecule has 1 aromatic rings. The lowest BCUT2D eigenvalue weighted by atomic mass is 10.0. The fraction of sp³-hybridized carbons (Fsp3) is 0.750. The predicted molar refractivity (Wildman–Crippen MR) is 82.5 cm³/mol. The van der Waals surface area contributed by atoms with Crippen LogP contribution in [0.4, 0.5) is 0 Å². The molecule has 1 amide bonds. The van der Waals surface area contributed by atoms with E-state index >= 15 is 0 Å². The van der Waals surface area contributed by atoms with Crippen LogP contribution in [0.25, 0.3) is 0 Å². The highest BCUT2D eigenvalue weighted by atomic mass is 16.2. The van der Waals surface area contributed by atoms with Gasteiger partial charge in [0.05, 0.1) is 11.3 Å². The third-order valence-electron chi connectivity index (χ3n) is 4.84. The van der Waals surface area contributed by atoms with E-state index in [9.17, 15) is 4.79 Å². The number of rotatable bonds is 3. The summed E-state index contributed by atoms with van der Waals surface area (Å²) < 4.78 is 0. The first-order chi connectivity index (χ1) is 10.1. The molecule has 0 bridgehead atoms. The maximum Gasteiger partial charge on any atom is 0.257 e. The second-order valence-corrected chi connectivity index (χ2v) is 6.70. The Hall–Kier alpha value is -1.36. The normalized spacial score (nSPS) is 23.4. The van der Waals surface area contributed by atoms with Crippen molar-refractivity contribution in [1.29, 1.82) is 0 Å². The number of nitrogens with zero attached hydrogens (tertiary/aromatic N) is 3. The topological polar surface area (TPSA) is 52.2 Å². The number of carbonyl (C=O) groups excluding carboxylic acids is 1. The molecule has 0 saturated carbocycles. The SMILES string of the molecule is Cc1[nH]nc(C(C)C)c1C(=O)N1CCC(N2CCCC2)C1. The number of H-pyrrole nitrogens is 1. The molecular formula is C16H26N4O. The summed E-state index contributed by atoms with van der Waals surface area (Å²) >= 11 is 0. The Balaban J connectivity index is 1.73. The van der Waals surface area contributed by atoms with Crippen LogP contribution >= 0.6 is 0 Å². The fourth-order valence-electron chi connectivity index (χ4n) is 3.62. The summed E-state index contributed by atoms with van der Waals surface area (Å²) in [5, 5.41) is 7.30. The number of carbonyl (C=O) groups is 1. The number of hydrogen-bond donors (Lipinski definition) is 1. The van der Waals surface area contributed by atoms with Gasteiger partial charge in [-0.3, -0.25) is 14.8 Å². The van der Waals surface area contributed by atoms with Crippen LogP contribution in [0.3, 0.4) is 0 Å². The molecule has 5 nitrogen and oxygen atoms in total. The molecule has 1 aromatic heterocycles. The number of nitrogens with one attached hydrogen (secondary N) is 1. The minimum absolute atomic E-state index is 0.159. The van der Waals surface area contributed by atoms with Gasteiger partial charge in [-0.05, 0) is 45.2 Å². The van der Waals surface area contributed by atoms with Crippen molar-refractivity contribution in [2.24, 2.45) is 0 Å². The molecule has 1 unspecified atom stereocenters. The first-order valence-corrected chi connectivity index (χ1v) is 8.16. The molecule has 1 N–H and O–H groups in total. The summed E-state index contributed by atoms with van der Waals surface area (Å²) in [6.07, 6.45) is 3.73. The van der Waals surface area contributed by atoms with E-state index in [2.05, 4.69) is 28.9 Å². The number of aryl methyl sites for hydroxylation is 1. The Morgan fingerprint density at radius 2 is 2.00 bits per heavy atom. The van der Waals surface area contributed by atoms with Gasteiger partial charge in [0.25, 0.3) is 5.91 Å². The third kappa shape index (κ3) is 2.71. The van der Waals surface area contributed by atoms with E-state index < -0.39 is 0 Å². The molecule has 3 heterocycles. The van der Waals surface area contributed by atoms with Gasteiger partial charge in [0.15, 0.2) is 0 Å². The fourth-order valence-corrected chi connectivity index (χ4v) is 3.62.